The summed E-state index contributed by atoms with van der Waals surface area (Å²) in [4.78, 5) is 2.64. The molecule has 0 amide bonds. The Hall–Kier alpha value is -1.62. The summed E-state index contributed by atoms with van der Waals surface area (Å²) < 4.78 is 24.8. The van der Waals surface area contributed by atoms with Crippen molar-refractivity contribution in [2.24, 2.45) is 22.4 Å². The smallest absolute Gasteiger partial charge is 0.200 e. The van der Waals surface area contributed by atoms with Gasteiger partial charge >= 0.3 is 0 Å². The van der Waals surface area contributed by atoms with E-state index in [4.69, 9.17) is 0 Å². The van der Waals surface area contributed by atoms with E-state index in [1.54, 1.807) is 19.2 Å². The van der Waals surface area contributed by atoms with E-state index in [-0.39, 0.29) is 4.90 Å². The Morgan fingerprint density at radius 3 is 2.70 bits per heavy atom. The number of nitrogens with one attached hydrogen (secondary N) is 1. The van der Waals surface area contributed by atoms with Crippen molar-refractivity contribution in [3.05, 3.63) is 41.0 Å². The van der Waals surface area contributed by atoms with Crippen LogP contribution in [0.4, 0.5) is 0 Å². The summed E-state index contributed by atoms with van der Waals surface area (Å²) in [6.45, 7) is 8.24. The van der Waals surface area contributed by atoms with Gasteiger partial charge in [-0.2, -0.15) is 13.5 Å². The van der Waals surface area contributed by atoms with Crippen molar-refractivity contribution in [2.45, 2.75) is 45.4 Å². The fraction of sp³-hybridized carbons (Fsp3) is 0.500. The predicted octanol–water partition coefficient (Wildman–Crippen LogP) is 3.56. The zero-order valence-corrected chi connectivity index (χ0v) is 14.9. The van der Waals surface area contributed by atoms with E-state index < -0.39 is 10.0 Å². The number of hydrazone groups is 1. The Morgan fingerprint density at radius 2 is 2.04 bits per heavy atom. The Bertz CT molecular complexity index is 791. The quantitative estimate of drug-likeness (QED) is 0.677. The first-order valence-corrected chi connectivity index (χ1v) is 9.52. The molecule has 1 aromatic carbocycles. The van der Waals surface area contributed by atoms with Gasteiger partial charge in [0.1, 0.15) is 0 Å². The van der Waals surface area contributed by atoms with E-state index in [0.29, 0.717) is 11.3 Å². The van der Waals surface area contributed by atoms with Gasteiger partial charge in [0, 0.05) is 0 Å². The fourth-order valence-corrected chi connectivity index (χ4v) is 4.88. The summed E-state index contributed by atoms with van der Waals surface area (Å²) in [5.41, 5.74) is 3.10. The molecule has 1 fully saturated rings. The lowest BCUT2D eigenvalue weighted by Crippen LogP contribution is -2.48. The number of allylic oxidation sites excluding steroid dienone is 2. The van der Waals surface area contributed by atoms with Crippen molar-refractivity contribution >= 4 is 16.2 Å². The molecule has 4 rings (SSSR count). The molecule has 3 aliphatic carbocycles. The van der Waals surface area contributed by atoms with E-state index in [0.717, 1.165) is 29.0 Å². The highest BCUT2D eigenvalue weighted by atomic mass is 32.2. The first-order valence-electron chi connectivity index (χ1n) is 8.04. The highest BCUT2D eigenvalue weighted by Crippen LogP contribution is 2.58. The predicted molar refractivity (Wildman–Crippen MR) is 92.8 cm³/mol. The third-order valence-corrected chi connectivity index (χ3v) is 6.90. The first-order chi connectivity index (χ1) is 10.7. The largest absolute Gasteiger partial charge is 0.276 e. The minimum absolute atomic E-state index is 0.288. The topological polar surface area (TPSA) is 58.5 Å². The molecule has 0 spiro atoms. The van der Waals surface area contributed by atoms with Gasteiger partial charge in [-0.1, -0.05) is 32.1 Å². The molecule has 0 radical (unpaired) electrons. The molecule has 0 aliphatic heterocycles. The van der Waals surface area contributed by atoms with Crippen LogP contribution < -0.4 is 4.83 Å². The molecule has 0 aromatic heterocycles. The zero-order valence-electron chi connectivity index (χ0n) is 14.1. The lowest BCUT2D eigenvalue weighted by atomic mass is 9.49. The van der Waals surface area contributed by atoms with E-state index in [2.05, 4.69) is 29.9 Å². The summed E-state index contributed by atoms with van der Waals surface area (Å²) in [7, 11) is -3.62. The first kappa shape index (κ1) is 16.2. The number of rotatable bonds is 4. The second kappa shape index (κ2) is 5.48. The van der Waals surface area contributed by atoms with Crippen LogP contribution in [0.25, 0.3) is 0 Å². The van der Waals surface area contributed by atoms with Crippen LogP contribution in [0.15, 0.2) is 39.8 Å². The maximum Gasteiger partial charge on any atom is 0.276 e. The zero-order chi connectivity index (χ0) is 16.8. The summed E-state index contributed by atoms with van der Waals surface area (Å²) in [6.07, 6.45) is 6.13. The van der Waals surface area contributed by atoms with E-state index >= 15 is 0 Å². The monoisotopic (exact) mass is 332 g/mol. The van der Waals surface area contributed by atoms with Crippen molar-refractivity contribution < 1.29 is 8.42 Å². The van der Waals surface area contributed by atoms with Gasteiger partial charge in [0.15, 0.2) is 0 Å². The minimum atomic E-state index is -3.62. The molecule has 2 atom stereocenters. The van der Waals surface area contributed by atoms with Crippen molar-refractivity contribution in [1.29, 1.82) is 0 Å². The van der Waals surface area contributed by atoms with E-state index in [9.17, 15) is 8.42 Å². The average Bonchev–Trinajstić information content (AvgIpc) is 2.49. The fourth-order valence-electron chi connectivity index (χ4n) is 3.76. The maximum atomic E-state index is 12.4. The molecule has 124 valence electrons. The van der Waals surface area contributed by atoms with Gasteiger partial charge < -0.3 is 0 Å². The molecular formula is C18H24N2O2S. The van der Waals surface area contributed by atoms with Crippen molar-refractivity contribution in [3.63, 3.8) is 0 Å². The van der Waals surface area contributed by atoms with E-state index in [1.165, 1.54) is 6.42 Å². The van der Waals surface area contributed by atoms with Crippen LogP contribution in [0.5, 0.6) is 0 Å². The number of fused-ring (bicyclic) bond motifs is 1. The third-order valence-electron chi connectivity index (χ3n) is 5.53. The second-order valence-electron chi connectivity index (χ2n) is 7.37. The van der Waals surface area contributed by atoms with Crippen LogP contribution in [0, 0.1) is 31.1 Å². The molecule has 2 unspecified atom stereocenters. The molecule has 23 heavy (non-hydrogen) atoms. The standard InChI is InChI=1S/C18H24N2O2S/c1-12-5-6-13(2)17(9-12)23(21,22)20-19-11-14-7-8-15-10-16(14)18(15,3)4/h5-7,9,11,15-16,20H,8,10H2,1-4H3/b19-11+. The van der Waals surface area contributed by atoms with Crippen LogP contribution in [0.1, 0.15) is 37.8 Å². The van der Waals surface area contributed by atoms with Crippen molar-refractivity contribution in [1.82, 2.24) is 4.83 Å². The normalized spacial score (nSPS) is 25.8. The number of benzene rings is 1. The van der Waals surface area contributed by atoms with Crippen LogP contribution in [-0.4, -0.2) is 14.6 Å². The van der Waals surface area contributed by atoms with Crippen molar-refractivity contribution in [2.75, 3.05) is 0 Å². The Labute approximate surface area is 138 Å². The van der Waals surface area contributed by atoms with Crippen LogP contribution >= 0.6 is 0 Å². The Morgan fingerprint density at radius 1 is 1.30 bits per heavy atom. The number of aryl methyl sites for hydroxylation is 2. The maximum absolute atomic E-state index is 12.4. The molecule has 4 nitrogen and oxygen atoms in total. The molecule has 0 saturated heterocycles. The molecule has 1 N–H and O–H groups in total. The molecule has 1 aromatic rings. The Kier molecular flexibility index (Phi) is 3.87. The Balaban J connectivity index is 1.75. The molecule has 2 bridgehead atoms. The summed E-state index contributed by atoms with van der Waals surface area (Å²) in [5, 5.41) is 4.02. The van der Waals surface area contributed by atoms with Gasteiger partial charge in [0.05, 0.1) is 11.1 Å². The molecule has 3 aliphatic rings. The van der Waals surface area contributed by atoms with Crippen molar-refractivity contribution in [3.8, 4) is 0 Å². The SMILES string of the molecule is Cc1ccc(C)c(S(=O)(=O)N/N=C/C2=CCC3CC2C3(C)C)c1. The third kappa shape index (κ3) is 2.82. The van der Waals surface area contributed by atoms with Gasteiger partial charge in [-0.25, -0.2) is 4.83 Å². The number of hydrogen-bond donors (Lipinski definition) is 1. The molecule has 0 heterocycles. The van der Waals surface area contributed by atoms with Gasteiger partial charge in [-0.15, -0.1) is 0 Å². The van der Waals surface area contributed by atoms with Gasteiger partial charge in [0.2, 0.25) is 0 Å². The number of sulfonamides is 1. The van der Waals surface area contributed by atoms with Gasteiger partial charge in [-0.3, -0.25) is 0 Å². The van der Waals surface area contributed by atoms with Crippen LogP contribution in [0.3, 0.4) is 0 Å². The summed E-state index contributed by atoms with van der Waals surface area (Å²) in [6, 6.07) is 5.39. The molecule has 5 heteroatoms. The second-order valence-corrected chi connectivity index (χ2v) is 9.00. The lowest BCUT2D eigenvalue weighted by molar-refractivity contribution is -0.00125. The average molecular weight is 332 g/mol. The summed E-state index contributed by atoms with van der Waals surface area (Å²) in [5.74, 6) is 1.26. The van der Waals surface area contributed by atoms with E-state index in [1.807, 2.05) is 19.1 Å². The summed E-state index contributed by atoms with van der Waals surface area (Å²) >= 11 is 0. The van der Waals surface area contributed by atoms with Gasteiger partial charge in [-0.05, 0) is 66.7 Å². The molecule has 1 saturated carbocycles. The van der Waals surface area contributed by atoms with Gasteiger partial charge in [0.25, 0.3) is 10.0 Å². The number of hydrogen-bond acceptors (Lipinski definition) is 3. The van der Waals surface area contributed by atoms with Crippen LogP contribution in [-0.2, 0) is 10.0 Å². The highest BCUT2D eigenvalue weighted by Gasteiger charge is 2.50. The highest BCUT2D eigenvalue weighted by molar-refractivity contribution is 7.89. The molecular weight excluding hydrogens is 308 g/mol. The number of nitrogens with zero attached hydrogens (tertiary/aromatic N) is 1. The lowest BCUT2D eigenvalue weighted by Gasteiger charge is -2.55. The van der Waals surface area contributed by atoms with Crippen LogP contribution in [0.2, 0.25) is 0 Å². The minimum Gasteiger partial charge on any atom is -0.200 e.